The third-order valence-corrected chi connectivity index (χ3v) is 5.38. The van der Waals surface area contributed by atoms with E-state index in [1.165, 1.54) is 11.4 Å². The van der Waals surface area contributed by atoms with Crippen LogP contribution < -0.4 is 14.4 Å². The third kappa shape index (κ3) is 4.05. The molecule has 2 aromatic rings. The van der Waals surface area contributed by atoms with E-state index in [0.717, 1.165) is 0 Å². The highest BCUT2D eigenvalue weighted by Crippen LogP contribution is 2.20. The first-order valence-corrected chi connectivity index (χ1v) is 9.00. The largest absolute Gasteiger partial charge is 0.497 e. The maximum atomic E-state index is 12.3. The van der Waals surface area contributed by atoms with Crippen LogP contribution in [0.15, 0.2) is 48.5 Å². The Morgan fingerprint density at radius 1 is 1.17 bits per heavy atom. The Hall–Kier alpha value is -2.54. The molecule has 0 atom stereocenters. The smallest absolute Gasteiger partial charge is 0.255 e. The van der Waals surface area contributed by atoms with Crippen molar-refractivity contribution in [3.05, 3.63) is 54.1 Å². The normalized spacial score (nSPS) is 11.0. The Kier molecular flexibility index (Phi) is 5.46. The highest BCUT2D eigenvalue weighted by molar-refractivity contribution is 7.92. The average molecular weight is 348 g/mol. The topological polar surface area (TPSA) is 75.7 Å². The molecule has 0 heterocycles. The monoisotopic (exact) mass is 348 g/mol. The van der Waals surface area contributed by atoms with E-state index in [4.69, 9.17) is 4.74 Å². The van der Waals surface area contributed by atoms with Crippen molar-refractivity contribution < 1.29 is 17.9 Å². The van der Waals surface area contributed by atoms with Crippen LogP contribution in [0, 0.1) is 0 Å². The lowest BCUT2D eigenvalue weighted by molar-refractivity contribution is 0.102. The fourth-order valence-corrected chi connectivity index (χ4v) is 2.91. The SMILES string of the molecule is CCS(=O)(=O)N(C)c1ccc(C(=O)Nc2cccc(OC)c2)cc1. The van der Waals surface area contributed by atoms with Crippen LogP contribution in [0.2, 0.25) is 0 Å². The summed E-state index contributed by atoms with van der Waals surface area (Å²) in [4.78, 5) is 12.3. The zero-order valence-electron chi connectivity index (χ0n) is 13.8. The van der Waals surface area contributed by atoms with E-state index in [-0.39, 0.29) is 11.7 Å². The summed E-state index contributed by atoms with van der Waals surface area (Å²) in [6, 6.07) is 13.4. The van der Waals surface area contributed by atoms with Gasteiger partial charge >= 0.3 is 0 Å². The molecule has 1 amide bonds. The van der Waals surface area contributed by atoms with Gasteiger partial charge < -0.3 is 10.1 Å². The second-order valence-corrected chi connectivity index (χ2v) is 7.39. The van der Waals surface area contributed by atoms with Crippen LogP contribution in [0.3, 0.4) is 0 Å². The van der Waals surface area contributed by atoms with Gasteiger partial charge in [-0.1, -0.05) is 6.07 Å². The second kappa shape index (κ2) is 7.35. The lowest BCUT2D eigenvalue weighted by Crippen LogP contribution is -2.28. The summed E-state index contributed by atoms with van der Waals surface area (Å²) in [5.41, 5.74) is 1.56. The van der Waals surface area contributed by atoms with Crippen molar-refractivity contribution >= 4 is 27.3 Å². The molecule has 0 bridgehead atoms. The van der Waals surface area contributed by atoms with Gasteiger partial charge in [0.05, 0.1) is 18.6 Å². The lowest BCUT2D eigenvalue weighted by Gasteiger charge is -2.18. The molecule has 6 nitrogen and oxygen atoms in total. The molecule has 0 aromatic heterocycles. The zero-order valence-corrected chi connectivity index (χ0v) is 14.6. The van der Waals surface area contributed by atoms with E-state index in [1.807, 2.05) is 0 Å². The number of nitrogens with zero attached hydrogens (tertiary/aromatic N) is 1. The van der Waals surface area contributed by atoms with Gasteiger partial charge in [0.1, 0.15) is 5.75 Å². The molecule has 0 unspecified atom stereocenters. The summed E-state index contributed by atoms with van der Waals surface area (Å²) >= 11 is 0. The van der Waals surface area contributed by atoms with E-state index in [9.17, 15) is 13.2 Å². The number of amides is 1. The van der Waals surface area contributed by atoms with E-state index in [2.05, 4.69) is 5.32 Å². The van der Waals surface area contributed by atoms with Crippen molar-refractivity contribution in [3.63, 3.8) is 0 Å². The number of methoxy groups -OCH3 is 1. The Morgan fingerprint density at radius 2 is 1.83 bits per heavy atom. The summed E-state index contributed by atoms with van der Waals surface area (Å²) in [5, 5.41) is 2.77. The quantitative estimate of drug-likeness (QED) is 0.871. The number of sulfonamides is 1. The number of anilines is 2. The molecule has 0 aliphatic heterocycles. The zero-order chi connectivity index (χ0) is 17.7. The van der Waals surface area contributed by atoms with Gasteiger partial charge in [0.25, 0.3) is 5.91 Å². The first-order chi connectivity index (χ1) is 11.4. The van der Waals surface area contributed by atoms with Gasteiger partial charge in [0.2, 0.25) is 10.0 Å². The van der Waals surface area contributed by atoms with E-state index >= 15 is 0 Å². The minimum atomic E-state index is -3.32. The van der Waals surface area contributed by atoms with Gasteiger partial charge in [-0.3, -0.25) is 9.10 Å². The first-order valence-electron chi connectivity index (χ1n) is 7.39. The molecule has 0 fully saturated rings. The Morgan fingerprint density at radius 3 is 2.42 bits per heavy atom. The summed E-state index contributed by atoms with van der Waals surface area (Å²) < 4.78 is 30.0. The minimum Gasteiger partial charge on any atom is -0.497 e. The lowest BCUT2D eigenvalue weighted by atomic mass is 10.2. The molecule has 0 radical (unpaired) electrons. The number of hydrogen-bond donors (Lipinski definition) is 1. The third-order valence-electron chi connectivity index (χ3n) is 3.60. The van der Waals surface area contributed by atoms with Crippen LogP contribution in [0.1, 0.15) is 17.3 Å². The van der Waals surface area contributed by atoms with Gasteiger partial charge in [-0.25, -0.2) is 8.42 Å². The predicted molar refractivity (Wildman–Crippen MR) is 95.3 cm³/mol. The highest BCUT2D eigenvalue weighted by atomic mass is 32.2. The van der Waals surface area contributed by atoms with Gasteiger partial charge in [-0.05, 0) is 43.3 Å². The molecule has 7 heteroatoms. The van der Waals surface area contributed by atoms with Crippen LogP contribution in [-0.2, 0) is 10.0 Å². The van der Waals surface area contributed by atoms with E-state index in [0.29, 0.717) is 22.7 Å². The fraction of sp³-hybridized carbons (Fsp3) is 0.235. The van der Waals surface area contributed by atoms with Crippen LogP contribution >= 0.6 is 0 Å². The van der Waals surface area contributed by atoms with Crippen molar-refractivity contribution in [1.29, 1.82) is 0 Å². The maximum Gasteiger partial charge on any atom is 0.255 e. The van der Waals surface area contributed by atoms with Crippen molar-refractivity contribution in [2.24, 2.45) is 0 Å². The summed E-state index contributed by atoms with van der Waals surface area (Å²) in [6.45, 7) is 1.59. The Labute approximate surface area is 142 Å². The molecule has 2 aromatic carbocycles. The molecule has 24 heavy (non-hydrogen) atoms. The van der Waals surface area contributed by atoms with Crippen LogP contribution in [0.5, 0.6) is 5.75 Å². The minimum absolute atomic E-state index is 0.0155. The van der Waals surface area contributed by atoms with Crippen LogP contribution in [0.25, 0.3) is 0 Å². The number of ether oxygens (including phenoxy) is 1. The van der Waals surface area contributed by atoms with Crippen molar-refractivity contribution in [2.45, 2.75) is 6.92 Å². The van der Waals surface area contributed by atoms with E-state index in [1.54, 1.807) is 62.6 Å². The number of carbonyl (C=O) groups excluding carboxylic acids is 1. The maximum absolute atomic E-state index is 12.3. The van der Waals surface area contributed by atoms with E-state index < -0.39 is 10.0 Å². The Bertz CT molecular complexity index is 817. The standard InChI is InChI=1S/C17H20N2O4S/c1-4-24(21,22)19(2)15-10-8-13(9-11-15)17(20)18-14-6-5-7-16(12-14)23-3/h5-12H,4H2,1-3H3,(H,18,20). The molecule has 128 valence electrons. The van der Waals surface area contributed by atoms with Crippen molar-refractivity contribution in [1.82, 2.24) is 0 Å². The van der Waals surface area contributed by atoms with Gasteiger partial charge in [-0.2, -0.15) is 0 Å². The molecule has 2 rings (SSSR count). The van der Waals surface area contributed by atoms with Crippen molar-refractivity contribution in [2.75, 3.05) is 29.5 Å². The molecular weight excluding hydrogens is 328 g/mol. The summed E-state index contributed by atoms with van der Waals surface area (Å²) in [5.74, 6) is 0.382. The second-order valence-electron chi connectivity index (χ2n) is 5.10. The first kappa shape index (κ1) is 17.8. The number of nitrogens with one attached hydrogen (secondary N) is 1. The molecule has 0 spiro atoms. The number of carbonyl (C=O) groups is 1. The average Bonchev–Trinajstić information content (AvgIpc) is 2.61. The fourth-order valence-electron chi connectivity index (χ4n) is 2.08. The number of hydrogen-bond acceptors (Lipinski definition) is 4. The molecule has 1 N–H and O–H groups in total. The number of rotatable bonds is 6. The molecule has 0 aliphatic carbocycles. The van der Waals surface area contributed by atoms with Gasteiger partial charge in [0.15, 0.2) is 0 Å². The number of benzene rings is 2. The summed E-state index contributed by atoms with van der Waals surface area (Å²) in [7, 11) is -0.275. The Balaban J connectivity index is 2.14. The van der Waals surface area contributed by atoms with Gasteiger partial charge in [0, 0.05) is 24.4 Å². The highest BCUT2D eigenvalue weighted by Gasteiger charge is 2.16. The van der Waals surface area contributed by atoms with Crippen molar-refractivity contribution in [3.8, 4) is 5.75 Å². The molecular formula is C17H20N2O4S. The molecule has 0 aliphatic rings. The van der Waals surface area contributed by atoms with Crippen LogP contribution in [-0.4, -0.2) is 34.2 Å². The molecule has 0 saturated heterocycles. The van der Waals surface area contributed by atoms with Crippen LogP contribution in [0.4, 0.5) is 11.4 Å². The summed E-state index contributed by atoms with van der Waals surface area (Å²) in [6.07, 6.45) is 0. The molecule has 0 saturated carbocycles. The van der Waals surface area contributed by atoms with Gasteiger partial charge in [-0.15, -0.1) is 0 Å². The predicted octanol–water partition coefficient (Wildman–Crippen LogP) is 2.73.